The van der Waals surface area contributed by atoms with Crippen molar-refractivity contribution in [3.8, 4) is 0 Å². The molecule has 1 saturated heterocycles. The molecule has 0 bridgehead atoms. The highest BCUT2D eigenvalue weighted by Gasteiger charge is 2.24. The highest BCUT2D eigenvalue weighted by molar-refractivity contribution is 5.52. The number of aliphatic hydroxyl groups excluding tert-OH is 1. The Morgan fingerprint density at radius 1 is 1.50 bits per heavy atom. The van der Waals surface area contributed by atoms with Gasteiger partial charge in [-0.3, -0.25) is 0 Å². The van der Waals surface area contributed by atoms with Crippen molar-refractivity contribution in [2.24, 2.45) is 0 Å². The number of hydrogen-bond acceptors (Lipinski definition) is 5. The Balaban J connectivity index is 2.02. The third-order valence-electron chi connectivity index (χ3n) is 3.94. The van der Waals surface area contributed by atoms with E-state index >= 15 is 0 Å². The molecule has 2 N–H and O–H groups in total. The number of rotatable bonds is 3. The number of nitrogens with zero attached hydrogens (tertiary/aromatic N) is 4. The number of aliphatic hydroxyl groups is 1. The Hall–Kier alpha value is -1.89. The third kappa shape index (κ3) is 2.18. The molecular weight excluding hydrogens is 258 g/mol. The van der Waals surface area contributed by atoms with Gasteiger partial charge in [0, 0.05) is 25.3 Å². The molecule has 1 fully saturated rings. The summed E-state index contributed by atoms with van der Waals surface area (Å²) in [6.07, 6.45) is 4.13. The molecule has 108 valence electrons. The second-order valence-corrected chi connectivity index (χ2v) is 5.24. The van der Waals surface area contributed by atoms with E-state index in [1.807, 2.05) is 6.07 Å². The number of fused-ring (bicyclic) bond motifs is 1. The van der Waals surface area contributed by atoms with E-state index in [-0.39, 0.29) is 12.3 Å². The van der Waals surface area contributed by atoms with Crippen molar-refractivity contribution < 1.29 is 5.11 Å². The predicted octanol–water partition coefficient (Wildman–Crippen LogP) is 0.467. The number of aromatic nitrogens is 4. The van der Waals surface area contributed by atoms with Crippen LogP contribution in [0.3, 0.4) is 0 Å². The molecule has 0 saturated carbocycles. The van der Waals surface area contributed by atoms with Gasteiger partial charge in [-0.25, -0.2) is 19.3 Å². The van der Waals surface area contributed by atoms with E-state index in [0.717, 1.165) is 31.6 Å². The Kier molecular flexibility index (Phi) is 3.43. The highest BCUT2D eigenvalue weighted by Crippen LogP contribution is 2.25. The maximum absolute atomic E-state index is 11.6. The van der Waals surface area contributed by atoms with E-state index in [1.54, 1.807) is 6.92 Å². The second kappa shape index (κ2) is 5.24. The fraction of sp³-hybridized carbons (Fsp3) is 0.615. The number of hydrogen-bond donors (Lipinski definition) is 2. The molecule has 0 aliphatic carbocycles. The number of anilines is 1. The van der Waals surface area contributed by atoms with Gasteiger partial charge in [-0.1, -0.05) is 0 Å². The quantitative estimate of drug-likeness (QED) is 0.851. The lowest BCUT2D eigenvalue weighted by molar-refractivity contribution is 0.262. The van der Waals surface area contributed by atoms with Gasteiger partial charge in [-0.2, -0.15) is 5.10 Å². The maximum Gasteiger partial charge on any atom is 0.349 e. The summed E-state index contributed by atoms with van der Waals surface area (Å²) in [5.41, 5.74) is 0.327. The summed E-state index contributed by atoms with van der Waals surface area (Å²) in [7, 11) is 0. The Bertz CT molecular complexity index is 660. The molecule has 1 atom stereocenters. The molecule has 7 nitrogen and oxygen atoms in total. The molecule has 0 amide bonds. The van der Waals surface area contributed by atoms with Crippen LogP contribution in [-0.4, -0.2) is 43.9 Å². The molecule has 0 spiro atoms. The van der Waals surface area contributed by atoms with Gasteiger partial charge in [0.05, 0.1) is 0 Å². The van der Waals surface area contributed by atoms with E-state index in [9.17, 15) is 9.90 Å². The molecule has 3 heterocycles. The molecule has 1 unspecified atom stereocenters. The van der Waals surface area contributed by atoms with Crippen LogP contribution in [0.25, 0.3) is 5.65 Å². The topological polar surface area (TPSA) is 86.5 Å². The van der Waals surface area contributed by atoms with Gasteiger partial charge in [-0.15, -0.1) is 0 Å². The molecule has 0 radical (unpaired) electrons. The average molecular weight is 277 g/mol. The first-order valence-corrected chi connectivity index (χ1v) is 7.03. The molecule has 3 rings (SSSR count). The second-order valence-electron chi connectivity index (χ2n) is 5.24. The fourth-order valence-corrected chi connectivity index (χ4v) is 2.98. The maximum atomic E-state index is 11.6. The molecule has 0 aromatic carbocycles. The zero-order chi connectivity index (χ0) is 14.1. The normalized spacial score (nSPS) is 19.7. The van der Waals surface area contributed by atoms with Crippen LogP contribution in [0, 0.1) is 6.92 Å². The summed E-state index contributed by atoms with van der Waals surface area (Å²) in [6, 6.07) is 2.15. The van der Waals surface area contributed by atoms with E-state index < -0.39 is 0 Å². The molecule has 1 aliphatic heterocycles. The van der Waals surface area contributed by atoms with Crippen LogP contribution in [-0.2, 0) is 0 Å². The van der Waals surface area contributed by atoms with Crippen LogP contribution in [0.4, 0.5) is 5.82 Å². The lowest BCUT2D eigenvalue weighted by atomic mass is 10.00. The van der Waals surface area contributed by atoms with Crippen molar-refractivity contribution in [1.82, 2.24) is 19.6 Å². The first kappa shape index (κ1) is 13.1. The predicted molar refractivity (Wildman–Crippen MR) is 75.0 cm³/mol. The van der Waals surface area contributed by atoms with Crippen molar-refractivity contribution in [1.29, 1.82) is 0 Å². The average Bonchev–Trinajstić information content (AvgIpc) is 2.82. The van der Waals surface area contributed by atoms with Gasteiger partial charge < -0.3 is 10.0 Å². The monoisotopic (exact) mass is 277 g/mol. The molecule has 1 aliphatic rings. The van der Waals surface area contributed by atoms with Gasteiger partial charge in [0.1, 0.15) is 11.6 Å². The summed E-state index contributed by atoms with van der Waals surface area (Å²) in [4.78, 5) is 18.4. The smallest absolute Gasteiger partial charge is 0.349 e. The lowest BCUT2D eigenvalue weighted by Crippen LogP contribution is -2.40. The van der Waals surface area contributed by atoms with Crippen molar-refractivity contribution in [3.05, 3.63) is 22.4 Å². The summed E-state index contributed by atoms with van der Waals surface area (Å²) >= 11 is 0. The van der Waals surface area contributed by atoms with Crippen LogP contribution in [0.1, 0.15) is 31.5 Å². The number of H-pyrrole nitrogens is 1. The van der Waals surface area contributed by atoms with Crippen LogP contribution >= 0.6 is 0 Å². The minimum Gasteiger partial charge on any atom is -0.396 e. The van der Waals surface area contributed by atoms with E-state index in [1.165, 1.54) is 10.8 Å². The van der Waals surface area contributed by atoms with Gasteiger partial charge in [0.15, 0.2) is 5.65 Å². The summed E-state index contributed by atoms with van der Waals surface area (Å²) in [5, 5.41) is 15.7. The SMILES string of the molecule is Cc1nc(N2CCCCC2CCO)cc2n[nH]c(=O)n12. The standard InChI is InChI=1S/C13H19N5O2/c1-9-14-11(8-12-15-16-13(20)18(9)12)17-6-3-2-4-10(17)5-7-19/h8,10,19H,2-7H2,1H3,(H,16,20). The summed E-state index contributed by atoms with van der Waals surface area (Å²) < 4.78 is 1.47. The molecule has 2 aromatic heterocycles. The van der Waals surface area contributed by atoms with E-state index in [0.29, 0.717) is 17.5 Å². The zero-order valence-corrected chi connectivity index (χ0v) is 11.5. The first-order valence-electron chi connectivity index (χ1n) is 7.03. The molecule has 2 aromatic rings. The van der Waals surface area contributed by atoms with E-state index in [2.05, 4.69) is 20.1 Å². The minimum absolute atomic E-state index is 0.185. The summed E-state index contributed by atoms with van der Waals surface area (Å²) in [6.45, 7) is 2.92. The number of aryl methyl sites for hydroxylation is 1. The molecular formula is C13H19N5O2. The van der Waals surface area contributed by atoms with E-state index in [4.69, 9.17) is 0 Å². The van der Waals surface area contributed by atoms with Crippen molar-refractivity contribution >= 4 is 11.5 Å². The number of piperidine rings is 1. The zero-order valence-electron chi connectivity index (χ0n) is 11.5. The van der Waals surface area contributed by atoms with Gasteiger partial charge in [-0.05, 0) is 32.6 Å². The lowest BCUT2D eigenvalue weighted by Gasteiger charge is -2.36. The Morgan fingerprint density at radius 2 is 2.35 bits per heavy atom. The minimum atomic E-state index is -0.262. The Morgan fingerprint density at radius 3 is 3.15 bits per heavy atom. The molecule has 20 heavy (non-hydrogen) atoms. The third-order valence-corrected chi connectivity index (χ3v) is 3.94. The Labute approximate surface area is 116 Å². The van der Waals surface area contributed by atoms with Gasteiger partial charge in [0.2, 0.25) is 0 Å². The van der Waals surface area contributed by atoms with Crippen molar-refractivity contribution in [3.63, 3.8) is 0 Å². The van der Waals surface area contributed by atoms with Crippen LogP contribution in [0.15, 0.2) is 10.9 Å². The van der Waals surface area contributed by atoms with Crippen LogP contribution in [0.5, 0.6) is 0 Å². The van der Waals surface area contributed by atoms with Crippen LogP contribution in [0.2, 0.25) is 0 Å². The van der Waals surface area contributed by atoms with Crippen molar-refractivity contribution in [2.45, 2.75) is 38.6 Å². The van der Waals surface area contributed by atoms with Crippen LogP contribution < -0.4 is 10.6 Å². The first-order chi connectivity index (χ1) is 9.70. The largest absolute Gasteiger partial charge is 0.396 e. The number of aromatic amines is 1. The van der Waals surface area contributed by atoms with Gasteiger partial charge in [0.25, 0.3) is 0 Å². The fourth-order valence-electron chi connectivity index (χ4n) is 2.98. The molecule has 7 heteroatoms. The number of nitrogens with one attached hydrogen (secondary N) is 1. The highest BCUT2D eigenvalue weighted by atomic mass is 16.3. The summed E-state index contributed by atoms with van der Waals surface area (Å²) in [5.74, 6) is 1.47. The van der Waals surface area contributed by atoms with Crippen molar-refractivity contribution in [2.75, 3.05) is 18.1 Å². The van der Waals surface area contributed by atoms with Gasteiger partial charge >= 0.3 is 5.69 Å².